The molecule has 62 valence electrons. The first kappa shape index (κ1) is 7.47. The quantitative estimate of drug-likeness (QED) is 0.571. The van der Waals surface area contributed by atoms with Gasteiger partial charge in [0, 0.05) is 12.1 Å². The Morgan fingerprint density at radius 1 is 1.42 bits per heavy atom. The van der Waals surface area contributed by atoms with Gasteiger partial charge in [-0.25, -0.2) is 4.79 Å². The Bertz CT molecular complexity index is 298. The molecule has 0 aromatic carbocycles. The second-order valence-corrected chi connectivity index (χ2v) is 3.40. The fourth-order valence-electron chi connectivity index (χ4n) is 1.19. The number of nitrogens with zero attached hydrogens (tertiary/aromatic N) is 1. The summed E-state index contributed by atoms with van der Waals surface area (Å²) in [6.45, 7) is 2.02. The Labute approximate surface area is 71.8 Å². The summed E-state index contributed by atoms with van der Waals surface area (Å²) in [6.07, 6.45) is 5.82. The standard InChI is InChI=1S/C10H12NO/c1-8-4-6-11(7-5-8)10(12)9-2-3-9/h4-7,9H,2-3H2,1H3/q+1. The zero-order chi connectivity index (χ0) is 8.55. The highest BCUT2D eigenvalue weighted by Crippen LogP contribution is 2.28. The zero-order valence-corrected chi connectivity index (χ0v) is 7.16. The summed E-state index contributed by atoms with van der Waals surface area (Å²) >= 11 is 0. The third-order valence-electron chi connectivity index (χ3n) is 2.18. The average Bonchev–Trinajstić information content (AvgIpc) is 2.87. The van der Waals surface area contributed by atoms with E-state index in [1.165, 1.54) is 5.56 Å². The molecule has 2 rings (SSSR count). The summed E-state index contributed by atoms with van der Waals surface area (Å²) in [7, 11) is 0. The molecule has 1 aromatic rings. The molecule has 1 fully saturated rings. The Balaban J connectivity index is 2.22. The maximum Gasteiger partial charge on any atom is 0.395 e. The van der Waals surface area contributed by atoms with Gasteiger partial charge in [0.2, 0.25) is 0 Å². The van der Waals surface area contributed by atoms with Crippen molar-refractivity contribution in [3.8, 4) is 0 Å². The lowest BCUT2D eigenvalue weighted by Crippen LogP contribution is -2.42. The van der Waals surface area contributed by atoms with Crippen LogP contribution >= 0.6 is 0 Å². The molecule has 0 unspecified atom stereocenters. The van der Waals surface area contributed by atoms with E-state index in [1.807, 2.05) is 31.5 Å². The van der Waals surface area contributed by atoms with Gasteiger partial charge in [0.15, 0.2) is 12.4 Å². The van der Waals surface area contributed by atoms with Crippen LogP contribution in [-0.2, 0) is 0 Å². The highest BCUT2D eigenvalue weighted by molar-refractivity contribution is 5.72. The number of carbonyl (C=O) groups excluding carboxylic acids is 1. The van der Waals surface area contributed by atoms with Gasteiger partial charge in [0.1, 0.15) is 0 Å². The minimum atomic E-state index is 0.245. The predicted octanol–water partition coefficient (Wildman–Crippen LogP) is 1.33. The van der Waals surface area contributed by atoms with Crippen molar-refractivity contribution < 1.29 is 9.36 Å². The van der Waals surface area contributed by atoms with Crippen LogP contribution in [-0.4, -0.2) is 5.91 Å². The summed E-state index contributed by atoms with van der Waals surface area (Å²) < 4.78 is 1.69. The highest BCUT2D eigenvalue weighted by atomic mass is 16.2. The normalized spacial score (nSPS) is 16.1. The Morgan fingerprint density at radius 2 is 2.00 bits per heavy atom. The minimum Gasteiger partial charge on any atom is -0.219 e. The lowest BCUT2D eigenvalue weighted by Gasteiger charge is -1.91. The van der Waals surface area contributed by atoms with Crippen molar-refractivity contribution in [2.45, 2.75) is 19.8 Å². The molecule has 0 radical (unpaired) electrons. The SMILES string of the molecule is Cc1cc[n+](C(=O)C2CC2)cc1. The van der Waals surface area contributed by atoms with E-state index >= 15 is 0 Å². The van der Waals surface area contributed by atoms with Crippen molar-refractivity contribution in [2.24, 2.45) is 5.92 Å². The molecule has 1 aromatic heterocycles. The van der Waals surface area contributed by atoms with Crippen LogP contribution in [0.5, 0.6) is 0 Å². The molecule has 0 amide bonds. The monoisotopic (exact) mass is 162 g/mol. The van der Waals surface area contributed by atoms with E-state index in [2.05, 4.69) is 0 Å². The Kier molecular flexibility index (Phi) is 1.68. The number of aryl methyl sites for hydroxylation is 1. The lowest BCUT2D eigenvalue weighted by atomic mass is 10.3. The molecule has 2 nitrogen and oxygen atoms in total. The molecular weight excluding hydrogens is 150 g/mol. The van der Waals surface area contributed by atoms with Gasteiger partial charge in [-0.05, 0) is 25.3 Å². The lowest BCUT2D eigenvalue weighted by molar-refractivity contribution is -0.575. The first-order chi connectivity index (χ1) is 5.77. The molecule has 0 spiro atoms. The first-order valence-electron chi connectivity index (χ1n) is 4.29. The van der Waals surface area contributed by atoms with E-state index in [4.69, 9.17) is 0 Å². The van der Waals surface area contributed by atoms with Crippen LogP contribution in [0.1, 0.15) is 23.2 Å². The van der Waals surface area contributed by atoms with E-state index in [0.29, 0.717) is 5.92 Å². The number of hydrogen-bond donors (Lipinski definition) is 0. The largest absolute Gasteiger partial charge is 0.395 e. The first-order valence-corrected chi connectivity index (χ1v) is 4.29. The summed E-state index contributed by atoms with van der Waals surface area (Å²) in [5, 5.41) is 0. The van der Waals surface area contributed by atoms with Gasteiger partial charge >= 0.3 is 5.91 Å². The summed E-state index contributed by atoms with van der Waals surface area (Å²) in [4.78, 5) is 11.5. The highest BCUT2D eigenvalue weighted by Gasteiger charge is 2.36. The van der Waals surface area contributed by atoms with Crippen molar-refractivity contribution in [3.63, 3.8) is 0 Å². The molecule has 1 saturated carbocycles. The number of rotatable bonds is 1. The molecule has 2 heteroatoms. The number of pyridine rings is 1. The zero-order valence-electron chi connectivity index (χ0n) is 7.16. The Hall–Kier alpha value is -1.18. The molecule has 0 bridgehead atoms. The Morgan fingerprint density at radius 3 is 2.50 bits per heavy atom. The molecule has 1 aliphatic rings. The van der Waals surface area contributed by atoms with Crippen LogP contribution in [0, 0.1) is 12.8 Å². The molecule has 0 atom stereocenters. The smallest absolute Gasteiger partial charge is 0.219 e. The van der Waals surface area contributed by atoms with Crippen molar-refractivity contribution in [1.82, 2.24) is 0 Å². The van der Waals surface area contributed by atoms with Crippen LogP contribution < -0.4 is 4.57 Å². The van der Waals surface area contributed by atoms with Gasteiger partial charge < -0.3 is 0 Å². The van der Waals surface area contributed by atoms with Gasteiger partial charge in [-0.1, -0.05) is 0 Å². The molecule has 1 aliphatic carbocycles. The van der Waals surface area contributed by atoms with Crippen LogP contribution in [0.25, 0.3) is 0 Å². The van der Waals surface area contributed by atoms with Gasteiger partial charge in [0.05, 0.1) is 5.92 Å². The van der Waals surface area contributed by atoms with Crippen molar-refractivity contribution in [2.75, 3.05) is 0 Å². The van der Waals surface area contributed by atoms with E-state index in [1.54, 1.807) is 4.57 Å². The summed E-state index contributed by atoms with van der Waals surface area (Å²) in [6, 6.07) is 3.92. The molecule has 0 saturated heterocycles. The van der Waals surface area contributed by atoms with Gasteiger partial charge in [0.25, 0.3) is 0 Å². The van der Waals surface area contributed by atoms with Crippen LogP contribution in [0.15, 0.2) is 24.5 Å². The fourth-order valence-corrected chi connectivity index (χ4v) is 1.19. The fraction of sp³-hybridized carbons (Fsp3) is 0.400. The third kappa shape index (κ3) is 1.37. The minimum absolute atomic E-state index is 0.245. The van der Waals surface area contributed by atoms with Crippen LogP contribution in [0.4, 0.5) is 0 Å². The number of aromatic nitrogens is 1. The topological polar surface area (TPSA) is 20.9 Å². The molecule has 1 heterocycles. The van der Waals surface area contributed by atoms with Gasteiger partial charge in [-0.15, -0.1) is 4.57 Å². The number of carbonyl (C=O) groups is 1. The average molecular weight is 162 g/mol. The summed E-state index contributed by atoms with van der Waals surface area (Å²) in [5.74, 6) is 0.549. The summed E-state index contributed by atoms with van der Waals surface area (Å²) in [5.41, 5.74) is 1.19. The maximum absolute atomic E-state index is 11.5. The second kappa shape index (κ2) is 2.70. The van der Waals surface area contributed by atoms with Crippen molar-refractivity contribution in [1.29, 1.82) is 0 Å². The van der Waals surface area contributed by atoms with Crippen LogP contribution in [0.2, 0.25) is 0 Å². The van der Waals surface area contributed by atoms with Crippen molar-refractivity contribution in [3.05, 3.63) is 30.1 Å². The second-order valence-electron chi connectivity index (χ2n) is 3.40. The molecule has 12 heavy (non-hydrogen) atoms. The maximum atomic E-state index is 11.5. The molecule has 0 aliphatic heterocycles. The van der Waals surface area contributed by atoms with Gasteiger partial charge in [-0.2, -0.15) is 0 Å². The van der Waals surface area contributed by atoms with Crippen LogP contribution in [0.3, 0.4) is 0 Å². The van der Waals surface area contributed by atoms with E-state index in [0.717, 1.165) is 12.8 Å². The van der Waals surface area contributed by atoms with Gasteiger partial charge in [-0.3, -0.25) is 0 Å². The molecule has 0 N–H and O–H groups in total. The van der Waals surface area contributed by atoms with E-state index < -0.39 is 0 Å². The van der Waals surface area contributed by atoms with E-state index in [-0.39, 0.29) is 5.91 Å². The third-order valence-corrected chi connectivity index (χ3v) is 2.18. The van der Waals surface area contributed by atoms with Crippen molar-refractivity contribution >= 4 is 5.91 Å². The predicted molar refractivity (Wildman–Crippen MR) is 44.7 cm³/mol. The van der Waals surface area contributed by atoms with E-state index in [9.17, 15) is 4.79 Å². The number of hydrogen-bond acceptors (Lipinski definition) is 1. The molecular formula is C10H12NO+.